The number of nitrogens with two attached hydrogens (primary N) is 1. The highest BCUT2D eigenvalue weighted by Crippen LogP contribution is 2.16. The first-order valence-electron chi connectivity index (χ1n) is 5.83. The summed E-state index contributed by atoms with van der Waals surface area (Å²) in [6.45, 7) is 4.25. The Hall–Kier alpha value is -1.62. The largest absolute Gasteiger partial charge is 0.497 e. The maximum Gasteiger partial charge on any atom is 0.254 e. The Morgan fingerprint density at radius 1 is 1.50 bits per heavy atom. The van der Waals surface area contributed by atoms with Gasteiger partial charge in [-0.05, 0) is 18.1 Å². The topological polar surface area (TPSA) is 64.3 Å². The Labute approximate surface area is 106 Å². The van der Waals surface area contributed by atoms with Gasteiger partial charge in [0.05, 0.1) is 12.7 Å². The van der Waals surface area contributed by atoms with E-state index in [-0.39, 0.29) is 17.5 Å². The Morgan fingerprint density at radius 2 is 2.17 bits per heavy atom. The van der Waals surface area contributed by atoms with Gasteiger partial charge in [0.25, 0.3) is 5.91 Å². The summed E-state index contributed by atoms with van der Waals surface area (Å²) in [7, 11) is 1.44. The normalized spacial score (nSPS) is 12.3. The van der Waals surface area contributed by atoms with E-state index in [9.17, 15) is 9.18 Å². The zero-order valence-corrected chi connectivity index (χ0v) is 10.9. The zero-order valence-electron chi connectivity index (χ0n) is 10.9. The molecule has 5 heteroatoms. The zero-order chi connectivity index (χ0) is 13.7. The molecule has 18 heavy (non-hydrogen) atoms. The molecule has 3 N–H and O–H groups in total. The molecule has 1 aromatic carbocycles. The van der Waals surface area contributed by atoms with E-state index in [1.54, 1.807) is 6.07 Å². The average Bonchev–Trinajstić information content (AvgIpc) is 2.34. The molecule has 1 aromatic rings. The number of nitrogens with one attached hydrogen (secondary N) is 1. The van der Waals surface area contributed by atoms with Gasteiger partial charge in [0.1, 0.15) is 11.6 Å². The smallest absolute Gasteiger partial charge is 0.254 e. The molecule has 1 atom stereocenters. The summed E-state index contributed by atoms with van der Waals surface area (Å²) < 4.78 is 18.5. The maximum atomic E-state index is 13.6. The summed E-state index contributed by atoms with van der Waals surface area (Å²) in [4.78, 5) is 11.7. The van der Waals surface area contributed by atoms with Crippen molar-refractivity contribution in [2.45, 2.75) is 19.9 Å². The van der Waals surface area contributed by atoms with Gasteiger partial charge >= 0.3 is 0 Å². The number of benzene rings is 1. The molecule has 0 aliphatic heterocycles. The van der Waals surface area contributed by atoms with E-state index >= 15 is 0 Å². The minimum Gasteiger partial charge on any atom is -0.497 e. The van der Waals surface area contributed by atoms with Crippen LogP contribution in [0.5, 0.6) is 5.75 Å². The molecular formula is C13H19FN2O2. The SMILES string of the molecule is COc1ccc(C(=O)NCC(N)C(C)C)c(F)c1. The fourth-order valence-corrected chi connectivity index (χ4v) is 1.35. The van der Waals surface area contributed by atoms with Crippen molar-refractivity contribution in [2.24, 2.45) is 11.7 Å². The number of carbonyl (C=O) groups excluding carboxylic acids is 1. The van der Waals surface area contributed by atoms with Gasteiger partial charge in [0.2, 0.25) is 0 Å². The molecule has 0 radical (unpaired) electrons. The molecule has 100 valence electrons. The first-order valence-corrected chi connectivity index (χ1v) is 5.83. The molecular weight excluding hydrogens is 235 g/mol. The van der Waals surface area contributed by atoms with Crippen molar-refractivity contribution in [3.05, 3.63) is 29.6 Å². The van der Waals surface area contributed by atoms with Crippen LogP contribution in [-0.4, -0.2) is 25.6 Å². The standard InChI is InChI=1S/C13H19FN2O2/c1-8(2)12(15)7-16-13(17)10-5-4-9(18-3)6-11(10)14/h4-6,8,12H,7,15H2,1-3H3,(H,16,17). The molecule has 0 saturated heterocycles. The summed E-state index contributed by atoms with van der Waals surface area (Å²) in [6, 6.07) is 3.97. The lowest BCUT2D eigenvalue weighted by Gasteiger charge is -2.16. The number of hydrogen-bond acceptors (Lipinski definition) is 3. The summed E-state index contributed by atoms with van der Waals surface area (Å²) in [6.07, 6.45) is 0. The van der Waals surface area contributed by atoms with Gasteiger partial charge in [-0.2, -0.15) is 0 Å². The van der Waals surface area contributed by atoms with Crippen molar-refractivity contribution in [1.29, 1.82) is 0 Å². The number of rotatable bonds is 5. The fourth-order valence-electron chi connectivity index (χ4n) is 1.35. The van der Waals surface area contributed by atoms with Gasteiger partial charge < -0.3 is 15.8 Å². The lowest BCUT2D eigenvalue weighted by molar-refractivity contribution is 0.0945. The average molecular weight is 254 g/mol. The van der Waals surface area contributed by atoms with Crippen LogP contribution in [0.4, 0.5) is 4.39 Å². The van der Waals surface area contributed by atoms with Crippen LogP contribution in [0.2, 0.25) is 0 Å². The summed E-state index contributed by atoms with van der Waals surface area (Å²) in [5, 5.41) is 2.61. The van der Waals surface area contributed by atoms with Crippen LogP contribution >= 0.6 is 0 Å². The van der Waals surface area contributed by atoms with Crippen molar-refractivity contribution < 1.29 is 13.9 Å². The van der Waals surface area contributed by atoms with Gasteiger partial charge in [-0.1, -0.05) is 13.8 Å². The molecule has 0 saturated carbocycles. The van der Waals surface area contributed by atoms with E-state index in [0.717, 1.165) is 0 Å². The van der Waals surface area contributed by atoms with Crippen LogP contribution in [0.1, 0.15) is 24.2 Å². The third-order valence-electron chi connectivity index (χ3n) is 2.78. The first-order chi connectivity index (χ1) is 8.45. The molecule has 1 amide bonds. The summed E-state index contributed by atoms with van der Waals surface area (Å²) in [5.41, 5.74) is 5.79. The van der Waals surface area contributed by atoms with Crippen LogP contribution < -0.4 is 15.8 Å². The number of carbonyl (C=O) groups is 1. The summed E-state index contributed by atoms with van der Waals surface area (Å²) >= 11 is 0. The second-order valence-electron chi connectivity index (χ2n) is 4.46. The number of halogens is 1. The van der Waals surface area contributed by atoms with Crippen molar-refractivity contribution in [3.63, 3.8) is 0 Å². The van der Waals surface area contributed by atoms with Crippen molar-refractivity contribution in [1.82, 2.24) is 5.32 Å². The van der Waals surface area contributed by atoms with E-state index in [4.69, 9.17) is 10.5 Å². The molecule has 0 aromatic heterocycles. The molecule has 1 unspecified atom stereocenters. The minimum absolute atomic E-state index is 0.00763. The third kappa shape index (κ3) is 3.70. The molecule has 0 fully saturated rings. The van der Waals surface area contributed by atoms with Crippen LogP contribution in [-0.2, 0) is 0 Å². The predicted molar refractivity (Wildman–Crippen MR) is 68.1 cm³/mol. The Bertz CT molecular complexity index is 421. The lowest BCUT2D eigenvalue weighted by Crippen LogP contribution is -2.40. The van der Waals surface area contributed by atoms with Crippen molar-refractivity contribution in [3.8, 4) is 5.75 Å². The van der Waals surface area contributed by atoms with Crippen molar-refractivity contribution in [2.75, 3.05) is 13.7 Å². The Balaban J connectivity index is 2.67. The molecule has 1 rings (SSSR count). The Morgan fingerprint density at radius 3 is 2.67 bits per heavy atom. The highest BCUT2D eigenvalue weighted by molar-refractivity contribution is 5.94. The predicted octanol–water partition coefficient (Wildman–Crippen LogP) is 1.55. The van der Waals surface area contributed by atoms with E-state index in [1.165, 1.54) is 19.2 Å². The molecule has 0 spiro atoms. The maximum absolute atomic E-state index is 13.6. The number of hydrogen-bond donors (Lipinski definition) is 2. The summed E-state index contributed by atoms with van der Waals surface area (Å²) in [5.74, 6) is -0.440. The number of ether oxygens (including phenoxy) is 1. The van der Waals surface area contributed by atoms with Crippen LogP contribution in [0.15, 0.2) is 18.2 Å². The minimum atomic E-state index is -0.607. The molecule has 4 nitrogen and oxygen atoms in total. The van der Waals surface area contributed by atoms with Gasteiger partial charge in [-0.3, -0.25) is 4.79 Å². The highest BCUT2D eigenvalue weighted by atomic mass is 19.1. The van der Waals surface area contributed by atoms with Crippen molar-refractivity contribution >= 4 is 5.91 Å². The quantitative estimate of drug-likeness (QED) is 0.838. The lowest BCUT2D eigenvalue weighted by atomic mass is 10.1. The number of amides is 1. The first kappa shape index (κ1) is 14.4. The molecule has 0 aliphatic carbocycles. The molecule has 0 bridgehead atoms. The second kappa shape index (κ2) is 6.35. The monoisotopic (exact) mass is 254 g/mol. The number of methoxy groups -OCH3 is 1. The van der Waals surface area contributed by atoms with E-state index in [0.29, 0.717) is 12.3 Å². The van der Waals surface area contributed by atoms with Crippen LogP contribution in [0.25, 0.3) is 0 Å². The molecule has 0 heterocycles. The Kier molecular flexibility index (Phi) is 5.09. The van der Waals surface area contributed by atoms with Gasteiger partial charge in [0.15, 0.2) is 0 Å². The van der Waals surface area contributed by atoms with E-state index in [2.05, 4.69) is 5.32 Å². The second-order valence-corrected chi connectivity index (χ2v) is 4.46. The van der Waals surface area contributed by atoms with Gasteiger partial charge in [-0.15, -0.1) is 0 Å². The van der Waals surface area contributed by atoms with E-state index < -0.39 is 11.7 Å². The van der Waals surface area contributed by atoms with Crippen LogP contribution in [0.3, 0.4) is 0 Å². The van der Waals surface area contributed by atoms with Gasteiger partial charge in [-0.25, -0.2) is 4.39 Å². The third-order valence-corrected chi connectivity index (χ3v) is 2.78. The van der Waals surface area contributed by atoms with Crippen LogP contribution in [0, 0.1) is 11.7 Å². The highest BCUT2D eigenvalue weighted by Gasteiger charge is 2.14. The molecule has 0 aliphatic rings. The van der Waals surface area contributed by atoms with E-state index in [1.807, 2.05) is 13.8 Å². The fraction of sp³-hybridized carbons (Fsp3) is 0.462. The van der Waals surface area contributed by atoms with Gasteiger partial charge in [0, 0.05) is 18.7 Å².